The van der Waals surface area contributed by atoms with Gasteiger partial charge in [0.2, 0.25) is 0 Å². The Balaban J connectivity index is 1.51. The standard InChI is InChI=1S/C30H28N2/c1-21-17-22(2)27(23(3)18-21)20-32-29-12-8-7-11-28(29)31-30(32)19-24-13-15-26(16-14-24)25-9-5-4-6-10-25/h4-18H,19-20H2,1-3H3. The van der Waals surface area contributed by atoms with Gasteiger partial charge in [-0.3, -0.25) is 0 Å². The van der Waals surface area contributed by atoms with E-state index in [1.165, 1.54) is 44.5 Å². The SMILES string of the molecule is Cc1cc(C)c(Cn2c(Cc3ccc(-c4ccccc4)cc3)nc3ccccc32)c(C)c1. The molecule has 2 heteroatoms. The van der Waals surface area contributed by atoms with Crippen LogP contribution in [0.1, 0.15) is 33.6 Å². The molecule has 5 aromatic rings. The number of hydrogen-bond acceptors (Lipinski definition) is 1. The summed E-state index contributed by atoms with van der Waals surface area (Å²) in [5.41, 5.74) is 11.4. The zero-order valence-electron chi connectivity index (χ0n) is 19.0. The number of aromatic nitrogens is 2. The van der Waals surface area contributed by atoms with E-state index in [1.54, 1.807) is 0 Å². The predicted octanol–water partition coefficient (Wildman–Crippen LogP) is 7.27. The average Bonchev–Trinajstić information content (AvgIpc) is 3.14. The molecule has 0 unspecified atom stereocenters. The first kappa shape index (κ1) is 20.3. The summed E-state index contributed by atoms with van der Waals surface area (Å²) in [7, 11) is 0. The van der Waals surface area contributed by atoms with Crippen molar-refractivity contribution in [2.24, 2.45) is 0 Å². The van der Waals surface area contributed by atoms with Crippen molar-refractivity contribution < 1.29 is 0 Å². The Bertz CT molecular complexity index is 1350. The normalized spacial score (nSPS) is 11.2. The number of hydrogen-bond donors (Lipinski definition) is 0. The van der Waals surface area contributed by atoms with Crippen molar-refractivity contribution in [2.75, 3.05) is 0 Å². The molecule has 32 heavy (non-hydrogen) atoms. The molecule has 1 heterocycles. The van der Waals surface area contributed by atoms with Crippen molar-refractivity contribution in [3.63, 3.8) is 0 Å². The summed E-state index contributed by atoms with van der Waals surface area (Å²) in [6.45, 7) is 7.45. The molecular formula is C30H28N2. The molecular weight excluding hydrogens is 388 g/mol. The fourth-order valence-corrected chi connectivity index (χ4v) is 4.68. The lowest BCUT2D eigenvalue weighted by atomic mass is 9.99. The van der Waals surface area contributed by atoms with Crippen molar-refractivity contribution in [3.8, 4) is 11.1 Å². The number of benzene rings is 4. The third-order valence-corrected chi connectivity index (χ3v) is 6.31. The van der Waals surface area contributed by atoms with Crippen LogP contribution in [0.15, 0.2) is 91.0 Å². The van der Waals surface area contributed by atoms with Gasteiger partial charge in [0.25, 0.3) is 0 Å². The van der Waals surface area contributed by atoms with E-state index in [-0.39, 0.29) is 0 Å². The predicted molar refractivity (Wildman–Crippen MR) is 134 cm³/mol. The summed E-state index contributed by atoms with van der Waals surface area (Å²) in [5.74, 6) is 1.11. The maximum Gasteiger partial charge on any atom is 0.114 e. The van der Waals surface area contributed by atoms with Gasteiger partial charge in [0.15, 0.2) is 0 Å². The van der Waals surface area contributed by atoms with E-state index >= 15 is 0 Å². The fourth-order valence-electron chi connectivity index (χ4n) is 4.68. The third-order valence-electron chi connectivity index (χ3n) is 6.31. The molecule has 0 bridgehead atoms. The highest BCUT2D eigenvalue weighted by Crippen LogP contribution is 2.25. The van der Waals surface area contributed by atoms with E-state index in [1.807, 2.05) is 0 Å². The van der Waals surface area contributed by atoms with Crippen molar-refractivity contribution in [1.29, 1.82) is 0 Å². The van der Waals surface area contributed by atoms with Gasteiger partial charge < -0.3 is 4.57 Å². The Labute approximate surface area is 190 Å². The Morgan fingerprint density at radius 1 is 0.688 bits per heavy atom. The molecule has 0 fully saturated rings. The largest absolute Gasteiger partial charge is 0.323 e. The van der Waals surface area contributed by atoms with Gasteiger partial charge in [-0.1, -0.05) is 84.4 Å². The Kier molecular flexibility index (Phi) is 5.36. The van der Waals surface area contributed by atoms with Gasteiger partial charge in [-0.15, -0.1) is 0 Å². The monoisotopic (exact) mass is 416 g/mol. The van der Waals surface area contributed by atoms with E-state index in [4.69, 9.17) is 4.98 Å². The zero-order valence-corrected chi connectivity index (χ0v) is 19.0. The second-order valence-electron chi connectivity index (χ2n) is 8.72. The first-order valence-corrected chi connectivity index (χ1v) is 11.2. The molecule has 1 aromatic heterocycles. The molecule has 2 nitrogen and oxygen atoms in total. The maximum atomic E-state index is 5.02. The molecule has 0 saturated carbocycles. The number of rotatable bonds is 5. The van der Waals surface area contributed by atoms with Crippen molar-refractivity contribution in [2.45, 2.75) is 33.7 Å². The van der Waals surface area contributed by atoms with Crippen LogP contribution in [0.3, 0.4) is 0 Å². The lowest BCUT2D eigenvalue weighted by molar-refractivity contribution is 0.754. The third kappa shape index (κ3) is 3.97. The topological polar surface area (TPSA) is 17.8 Å². The molecule has 0 aliphatic heterocycles. The van der Waals surface area contributed by atoms with Gasteiger partial charge in [0, 0.05) is 13.0 Å². The molecule has 0 amide bonds. The van der Waals surface area contributed by atoms with Gasteiger partial charge in [-0.2, -0.15) is 0 Å². The van der Waals surface area contributed by atoms with Crippen LogP contribution in [0.2, 0.25) is 0 Å². The van der Waals surface area contributed by atoms with Crippen LogP contribution < -0.4 is 0 Å². The molecule has 5 rings (SSSR count). The van der Waals surface area contributed by atoms with Crippen LogP contribution in [0.4, 0.5) is 0 Å². The van der Waals surface area contributed by atoms with Gasteiger partial charge >= 0.3 is 0 Å². The van der Waals surface area contributed by atoms with Gasteiger partial charge in [0.05, 0.1) is 11.0 Å². The first-order valence-electron chi connectivity index (χ1n) is 11.2. The average molecular weight is 417 g/mol. The molecule has 0 aliphatic carbocycles. The van der Waals surface area contributed by atoms with Gasteiger partial charge in [-0.05, 0) is 66.3 Å². The zero-order chi connectivity index (χ0) is 22.1. The first-order chi connectivity index (χ1) is 15.6. The second kappa shape index (κ2) is 8.47. The Hall–Kier alpha value is -3.65. The summed E-state index contributed by atoms with van der Waals surface area (Å²) in [6.07, 6.45) is 0.813. The molecule has 0 saturated heterocycles. The molecule has 0 aliphatic rings. The van der Waals surface area contributed by atoms with Crippen LogP contribution in [0, 0.1) is 20.8 Å². The van der Waals surface area contributed by atoms with Crippen LogP contribution in [0.25, 0.3) is 22.2 Å². The van der Waals surface area contributed by atoms with E-state index in [0.29, 0.717) is 0 Å². The summed E-state index contributed by atoms with van der Waals surface area (Å²) >= 11 is 0. The fraction of sp³-hybridized carbons (Fsp3) is 0.167. The molecule has 0 spiro atoms. The summed E-state index contributed by atoms with van der Waals surface area (Å²) < 4.78 is 2.39. The van der Waals surface area contributed by atoms with Crippen molar-refractivity contribution >= 4 is 11.0 Å². The number of fused-ring (bicyclic) bond motifs is 1. The molecule has 0 radical (unpaired) electrons. The summed E-state index contributed by atoms with van der Waals surface area (Å²) in [6, 6.07) is 32.5. The highest BCUT2D eigenvalue weighted by Gasteiger charge is 2.14. The summed E-state index contributed by atoms with van der Waals surface area (Å²) in [4.78, 5) is 5.02. The smallest absolute Gasteiger partial charge is 0.114 e. The second-order valence-corrected chi connectivity index (χ2v) is 8.72. The van der Waals surface area contributed by atoms with E-state index in [0.717, 1.165) is 24.3 Å². The maximum absolute atomic E-state index is 5.02. The Morgan fingerprint density at radius 2 is 1.31 bits per heavy atom. The highest BCUT2D eigenvalue weighted by molar-refractivity contribution is 5.76. The van der Waals surface area contributed by atoms with E-state index in [2.05, 4.69) is 116 Å². The number of aryl methyl sites for hydroxylation is 3. The minimum atomic E-state index is 0.813. The van der Waals surface area contributed by atoms with E-state index in [9.17, 15) is 0 Å². The van der Waals surface area contributed by atoms with E-state index < -0.39 is 0 Å². The molecule has 0 N–H and O–H groups in total. The minimum absolute atomic E-state index is 0.813. The van der Waals surface area contributed by atoms with Gasteiger partial charge in [0.1, 0.15) is 5.82 Å². The van der Waals surface area contributed by atoms with Crippen LogP contribution in [-0.4, -0.2) is 9.55 Å². The number of para-hydroxylation sites is 2. The van der Waals surface area contributed by atoms with Crippen molar-refractivity contribution in [1.82, 2.24) is 9.55 Å². The Morgan fingerprint density at radius 3 is 2.03 bits per heavy atom. The number of nitrogens with zero attached hydrogens (tertiary/aromatic N) is 2. The molecule has 158 valence electrons. The lowest BCUT2D eigenvalue weighted by Gasteiger charge is -2.15. The quantitative estimate of drug-likeness (QED) is 0.295. The summed E-state index contributed by atoms with van der Waals surface area (Å²) in [5, 5.41) is 0. The molecule has 4 aromatic carbocycles. The van der Waals surface area contributed by atoms with Gasteiger partial charge in [-0.25, -0.2) is 4.98 Å². The highest BCUT2D eigenvalue weighted by atomic mass is 15.1. The lowest BCUT2D eigenvalue weighted by Crippen LogP contribution is -2.08. The van der Waals surface area contributed by atoms with Crippen LogP contribution >= 0.6 is 0 Å². The number of imidazole rings is 1. The van der Waals surface area contributed by atoms with Crippen molar-refractivity contribution in [3.05, 3.63) is 125 Å². The minimum Gasteiger partial charge on any atom is -0.323 e. The van der Waals surface area contributed by atoms with Crippen LogP contribution in [0.5, 0.6) is 0 Å². The molecule has 0 atom stereocenters. The van der Waals surface area contributed by atoms with Crippen LogP contribution in [-0.2, 0) is 13.0 Å².